The Morgan fingerprint density at radius 1 is 1.36 bits per heavy atom. The zero-order valence-electron chi connectivity index (χ0n) is 7.31. The second-order valence-electron chi connectivity index (χ2n) is 2.41. The van der Waals surface area contributed by atoms with Crippen LogP contribution in [0, 0.1) is 0 Å². The van der Waals surface area contributed by atoms with Crippen molar-refractivity contribution < 1.29 is 18.0 Å². The van der Waals surface area contributed by atoms with Gasteiger partial charge in [-0.3, -0.25) is 4.79 Å². The number of hydrogen-bond acceptors (Lipinski definition) is 2. The van der Waals surface area contributed by atoms with Crippen molar-refractivity contribution in [1.29, 1.82) is 0 Å². The highest BCUT2D eigenvalue weighted by atomic mass is 79.9. The minimum absolute atomic E-state index is 0.112. The summed E-state index contributed by atoms with van der Waals surface area (Å²) in [6, 6.07) is 0. The molecule has 0 fully saturated rings. The van der Waals surface area contributed by atoms with Gasteiger partial charge < -0.3 is 0 Å². The van der Waals surface area contributed by atoms with Gasteiger partial charge in [0.15, 0.2) is 10.8 Å². The summed E-state index contributed by atoms with van der Waals surface area (Å²) in [5.74, 6) is -0.357. The van der Waals surface area contributed by atoms with Crippen LogP contribution in [0.4, 0.5) is 13.2 Å². The predicted molar refractivity (Wildman–Crippen MR) is 54.8 cm³/mol. The molecule has 0 aliphatic carbocycles. The molecule has 0 aliphatic rings. The van der Waals surface area contributed by atoms with Gasteiger partial charge in [-0.2, -0.15) is 13.2 Å². The third kappa shape index (κ3) is 4.28. The first-order valence-corrected chi connectivity index (χ1v) is 4.62. The average molecular weight is 290 g/mol. The van der Waals surface area contributed by atoms with Crippen LogP contribution in [0.2, 0.25) is 0 Å². The number of thiol groups is 1. The van der Waals surface area contributed by atoms with Crippen LogP contribution in [0.25, 0.3) is 0 Å². The van der Waals surface area contributed by atoms with Gasteiger partial charge in [0, 0.05) is 5.57 Å². The van der Waals surface area contributed by atoms with E-state index in [2.05, 4.69) is 33.6 Å². The summed E-state index contributed by atoms with van der Waals surface area (Å²) in [4.78, 5) is 13.9. The van der Waals surface area contributed by atoms with E-state index < -0.39 is 11.2 Å². The van der Waals surface area contributed by atoms with Gasteiger partial charge in [-0.1, -0.05) is 0 Å². The molecule has 0 aromatic heterocycles. The lowest BCUT2D eigenvalue weighted by Crippen LogP contribution is -2.17. The van der Waals surface area contributed by atoms with Gasteiger partial charge in [0.2, 0.25) is 0 Å². The summed E-state index contributed by atoms with van der Waals surface area (Å²) in [6.07, 6.45) is -4.60. The second-order valence-corrected chi connectivity index (χ2v) is 3.58. The number of Topliss-reactive ketones (excluding diaryl/α,β-unsaturated/α-hetero) is 1. The van der Waals surface area contributed by atoms with Crippen LogP contribution in [0.15, 0.2) is 15.2 Å². The number of carbonyl (C=O) groups excluding carboxylic acids is 1. The lowest BCUT2D eigenvalue weighted by Gasteiger charge is -2.04. The number of aliphatic imine (C=N–C) groups is 1. The van der Waals surface area contributed by atoms with Crippen LogP contribution in [0.1, 0.15) is 13.8 Å². The Balaban J connectivity index is 5.02. The van der Waals surface area contributed by atoms with Crippen LogP contribution < -0.4 is 0 Å². The minimum Gasteiger partial charge on any atom is -0.295 e. The van der Waals surface area contributed by atoms with Gasteiger partial charge >= 0.3 is 6.18 Å². The zero-order valence-corrected chi connectivity index (χ0v) is 9.79. The second kappa shape index (κ2) is 4.97. The SMILES string of the molecule is CC(=O)/C(C)=C(Br)/N=C(\S)C(F)(F)F. The molecule has 0 unspecified atom stereocenters. The van der Waals surface area contributed by atoms with E-state index in [9.17, 15) is 18.0 Å². The molecule has 2 nitrogen and oxygen atoms in total. The molecule has 14 heavy (non-hydrogen) atoms. The average Bonchev–Trinajstić information content (AvgIpc) is 2.00. The van der Waals surface area contributed by atoms with Gasteiger partial charge in [-0.15, -0.1) is 12.6 Å². The molecule has 0 aromatic carbocycles. The van der Waals surface area contributed by atoms with Crippen LogP contribution in [0.3, 0.4) is 0 Å². The maximum atomic E-state index is 11.9. The fourth-order valence-electron chi connectivity index (χ4n) is 0.385. The van der Waals surface area contributed by atoms with Gasteiger partial charge in [0.25, 0.3) is 0 Å². The van der Waals surface area contributed by atoms with E-state index in [1.54, 1.807) is 0 Å². The van der Waals surface area contributed by atoms with E-state index >= 15 is 0 Å². The van der Waals surface area contributed by atoms with Crippen molar-refractivity contribution in [2.24, 2.45) is 4.99 Å². The molecule has 0 spiro atoms. The molecule has 80 valence electrons. The predicted octanol–water partition coefficient (Wildman–Crippen LogP) is 3.09. The van der Waals surface area contributed by atoms with Gasteiger partial charge in [-0.05, 0) is 29.8 Å². The van der Waals surface area contributed by atoms with E-state index in [1.165, 1.54) is 13.8 Å². The van der Waals surface area contributed by atoms with Crippen molar-refractivity contribution in [2.45, 2.75) is 20.0 Å². The third-order valence-electron chi connectivity index (χ3n) is 1.30. The van der Waals surface area contributed by atoms with E-state index in [0.29, 0.717) is 0 Å². The normalized spacial score (nSPS) is 15.2. The Morgan fingerprint density at radius 3 is 2.07 bits per heavy atom. The Morgan fingerprint density at radius 2 is 1.79 bits per heavy atom. The molecule has 0 saturated heterocycles. The van der Waals surface area contributed by atoms with Gasteiger partial charge in [0.1, 0.15) is 4.61 Å². The van der Waals surface area contributed by atoms with E-state index in [1.807, 2.05) is 0 Å². The number of carbonyl (C=O) groups is 1. The molecule has 7 heteroatoms. The molecular formula is C7H7BrF3NOS. The molecule has 0 rings (SSSR count). The molecule has 0 atom stereocenters. The van der Waals surface area contributed by atoms with Crippen molar-refractivity contribution >= 4 is 39.4 Å². The van der Waals surface area contributed by atoms with Crippen molar-refractivity contribution in [1.82, 2.24) is 0 Å². The first-order chi connectivity index (χ1) is 6.16. The summed E-state index contributed by atoms with van der Waals surface area (Å²) in [5, 5.41) is -1.30. The molecule has 0 N–H and O–H groups in total. The maximum absolute atomic E-state index is 11.9. The van der Waals surface area contributed by atoms with E-state index in [0.717, 1.165) is 0 Å². The standard InChI is InChI=1S/C7H7BrF3NOS/c1-3(4(2)13)5(8)12-6(14)7(9,10)11/h1-2H3,(H,12,14)/b5-3+. The Labute approximate surface area is 92.8 Å². The highest BCUT2D eigenvalue weighted by molar-refractivity contribution is 9.11. The molecular weight excluding hydrogens is 283 g/mol. The minimum atomic E-state index is -4.60. The topological polar surface area (TPSA) is 29.4 Å². The molecule has 0 aliphatic heterocycles. The number of allylic oxidation sites excluding steroid dienone is 1. The van der Waals surface area contributed by atoms with Crippen molar-refractivity contribution in [2.75, 3.05) is 0 Å². The van der Waals surface area contributed by atoms with Crippen LogP contribution in [0.5, 0.6) is 0 Å². The molecule has 0 aromatic rings. The Kier molecular flexibility index (Phi) is 4.87. The number of alkyl halides is 3. The Bertz CT molecular complexity index is 309. The largest absolute Gasteiger partial charge is 0.439 e. The van der Waals surface area contributed by atoms with Crippen molar-refractivity contribution in [3.8, 4) is 0 Å². The first-order valence-electron chi connectivity index (χ1n) is 3.38. The third-order valence-corrected chi connectivity index (χ3v) is 2.42. The van der Waals surface area contributed by atoms with E-state index in [-0.39, 0.29) is 16.0 Å². The number of hydrogen-bond donors (Lipinski definition) is 1. The lowest BCUT2D eigenvalue weighted by atomic mass is 10.2. The monoisotopic (exact) mass is 289 g/mol. The summed E-state index contributed by atoms with van der Waals surface area (Å²) >= 11 is 5.92. The smallest absolute Gasteiger partial charge is 0.295 e. The number of halogens is 4. The summed E-state index contributed by atoms with van der Waals surface area (Å²) in [7, 11) is 0. The highest BCUT2D eigenvalue weighted by Crippen LogP contribution is 2.23. The zero-order chi connectivity index (χ0) is 11.5. The lowest BCUT2D eigenvalue weighted by molar-refractivity contribution is -0.113. The van der Waals surface area contributed by atoms with E-state index in [4.69, 9.17) is 0 Å². The fraction of sp³-hybridized carbons (Fsp3) is 0.429. The quantitative estimate of drug-likeness (QED) is 0.273. The summed E-state index contributed by atoms with van der Waals surface area (Å²) in [6.45, 7) is 2.60. The van der Waals surface area contributed by atoms with Crippen LogP contribution >= 0.6 is 28.6 Å². The number of ketones is 1. The molecule has 0 amide bonds. The van der Waals surface area contributed by atoms with Gasteiger partial charge in [-0.25, -0.2) is 4.99 Å². The first kappa shape index (κ1) is 13.7. The molecule has 0 heterocycles. The summed E-state index contributed by atoms with van der Waals surface area (Å²) < 4.78 is 35.7. The maximum Gasteiger partial charge on any atom is 0.439 e. The Hall–Kier alpha value is -0.300. The highest BCUT2D eigenvalue weighted by Gasteiger charge is 2.33. The van der Waals surface area contributed by atoms with Crippen LogP contribution in [-0.2, 0) is 4.79 Å². The number of rotatable bonds is 2. The summed E-state index contributed by atoms with van der Waals surface area (Å²) in [5.41, 5.74) is 0.112. The van der Waals surface area contributed by atoms with Crippen molar-refractivity contribution in [3.05, 3.63) is 10.2 Å². The molecule has 0 radical (unpaired) electrons. The number of nitrogens with zero attached hydrogens (tertiary/aromatic N) is 1. The molecule has 0 bridgehead atoms. The fourth-order valence-corrected chi connectivity index (χ4v) is 1.08. The molecule has 0 saturated carbocycles. The van der Waals surface area contributed by atoms with Crippen molar-refractivity contribution in [3.63, 3.8) is 0 Å². The van der Waals surface area contributed by atoms with Gasteiger partial charge in [0.05, 0.1) is 0 Å². The van der Waals surface area contributed by atoms with Crippen LogP contribution in [-0.4, -0.2) is 17.0 Å².